The molecule has 0 aliphatic rings. The second kappa shape index (κ2) is 10.3. The zero-order valence-electron chi connectivity index (χ0n) is 10.5. The normalized spacial score (nSPS) is 10.3. The van der Waals surface area contributed by atoms with E-state index >= 15 is 0 Å². The van der Waals surface area contributed by atoms with E-state index in [2.05, 4.69) is 5.32 Å². The first-order valence-electron chi connectivity index (χ1n) is 5.90. The van der Waals surface area contributed by atoms with E-state index in [9.17, 15) is 14.4 Å². The van der Waals surface area contributed by atoms with Crippen LogP contribution in [0.3, 0.4) is 0 Å². The topological polar surface area (TPSA) is 92.7 Å². The Morgan fingerprint density at radius 2 is 1.89 bits per heavy atom. The van der Waals surface area contributed by atoms with Crippen LogP contribution in [0, 0.1) is 0 Å². The number of unbranched alkanes of at least 4 members (excludes halogenated alkanes) is 2. The zero-order valence-corrected chi connectivity index (χ0v) is 10.5. The molecule has 0 saturated carbocycles. The SMILES string of the molecule is CCOC(=O)CCCCCNC(=O)/C=C/C(=O)O. The van der Waals surface area contributed by atoms with Crippen LogP contribution in [0.4, 0.5) is 0 Å². The summed E-state index contributed by atoms with van der Waals surface area (Å²) in [4.78, 5) is 32.1. The minimum absolute atomic E-state index is 0.203. The maximum atomic E-state index is 11.0. The molecular weight excluding hydrogens is 238 g/mol. The Bertz CT molecular complexity index is 312. The lowest BCUT2D eigenvalue weighted by atomic mass is 10.2. The van der Waals surface area contributed by atoms with Gasteiger partial charge in [-0.1, -0.05) is 6.42 Å². The molecule has 6 heteroatoms. The highest BCUT2D eigenvalue weighted by Gasteiger charge is 2.01. The van der Waals surface area contributed by atoms with E-state index in [1.165, 1.54) is 0 Å². The summed E-state index contributed by atoms with van der Waals surface area (Å²) in [6.07, 6.45) is 4.42. The van der Waals surface area contributed by atoms with Gasteiger partial charge in [0.15, 0.2) is 0 Å². The molecule has 0 aliphatic carbocycles. The molecule has 0 aromatic carbocycles. The summed E-state index contributed by atoms with van der Waals surface area (Å²) in [5.41, 5.74) is 0. The van der Waals surface area contributed by atoms with Gasteiger partial charge >= 0.3 is 11.9 Å². The van der Waals surface area contributed by atoms with Gasteiger partial charge in [-0.3, -0.25) is 9.59 Å². The van der Waals surface area contributed by atoms with Crippen molar-refractivity contribution in [3.63, 3.8) is 0 Å². The average molecular weight is 257 g/mol. The number of hydrogen-bond donors (Lipinski definition) is 2. The molecule has 0 spiro atoms. The predicted molar refractivity (Wildman–Crippen MR) is 64.9 cm³/mol. The maximum Gasteiger partial charge on any atom is 0.328 e. The molecule has 0 aromatic rings. The van der Waals surface area contributed by atoms with Crippen molar-refractivity contribution in [1.82, 2.24) is 5.32 Å². The number of nitrogens with one attached hydrogen (secondary N) is 1. The highest BCUT2D eigenvalue weighted by Crippen LogP contribution is 2.00. The average Bonchev–Trinajstić information content (AvgIpc) is 2.31. The van der Waals surface area contributed by atoms with Gasteiger partial charge < -0.3 is 15.2 Å². The van der Waals surface area contributed by atoms with Gasteiger partial charge in [0.1, 0.15) is 0 Å². The van der Waals surface area contributed by atoms with E-state index in [0.717, 1.165) is 31.4 Å². The van der Waals surface area contributed by atoms with Gasteiger partial charge in [0.05, 0.1) is 6.61 Å². The predicted octanol–water partition coefficient (Wildman–Crippen LogP) is 0.867. The number of ether oxygens (including phenoxy) is 1. The van der Waals surface area contributed by atoms with Crippen LogP contribution in [0.1, 0.15) is 32.6 Å². The van der Waals surface area contributed by atoms with Crippen molar-refractivity contribution in [3.8, 4) is 0 Å². The molecule has 0 aliphatic heterocycles. The summed E-state index contributed by atoms with van der Waals surface area (Å²) in [7, 11) is 0. The number of carboxylic acid groups (broad SMARTS) is 1. The smallest absolute Gasteiger partial charge is 0.328 e. The lowest BCUT2D eigenvalue weighted by molar-refractivity contribution is -0.143. The molecule has 0 atom stereocenters. The van der Waals surface area contributed by atoms with E-state index in [0.29, 0.717) is 19.6 Å². The van der Waals surface area contributed by atoms with Crippen LogP contribution >= 0.6 is 0 Å². The minimum Gasteiger partial charge on any atom is -0.478 e. The third-order valence-electron chi connectivity index (χ3n) is 2.04. The first kappa shape index (κ1) is 16.1. The van der Waals surface area contributed by atoms with Crippen molar-refractivity contribution in [2.24, 2.45) is 0 Å². The summed E-state index contributed by atoms with van der Waals surface area (Å²) < 4.78 is 4.77. The number of hydrogen-bond acceptors (Lipinski definition) is 4. The van der Waals surface area contributed by atoms with E-state index < -0.39 is 11.9 Å². The Morgan fingerprint density at radius 1 is 1.17 bits per heavy atom. The molecule has 6 nitrogen and oxygen atoms in total. The summed E-state index contributed by atoms with van der Waals surface area (Å²) in [6.45, 7) is 2.62. The van der Waals surface area contributed by atoms with Crippen LogP contribution in [0.2, 0.25) is 0 Å². The quantitative estimate of drug-likeness (QED) is 0.363. The fraction of sp³-hybridized carbons (Fsp3) is 0.583. The van der Waals surface area contributed by atoms with Gasteiger partial charge in [0.25, 0.3) is 0 Å². The number of carbonyl (C=O) groups excluding carboxylic acids is 2. The Labute approximate surface area is 106 Å². The third kappa shape index (κ3) is 10.7. The van der Waals surface area contributed by atoms with Crippen LogP contribution in [0.15, 0.2) is 12.2 Å². The van der Waals surface area contributed by atoms with E-state index in [1.54, 1.807) is 6.92 Å². The highest BCUT2D eigenvalue weighted by molar-refractivity contribution is 5.93. The molecule has 0 rings (SSSR count). The minimum atomic E-state index is -1.15. The number of rotatable bonds is 9. The first-order chi connectivity index (χ1) is 8.56. The second-order valence-corrected chi connectivity index (χ2v) is 3.58. The number of carbonyl (C=O) groups is 3. The molecule has 1 amide bonds. The van der Waals surface area contributed by atoms with Crippen LogP contribution in [0.5, 0.6) is 0 Å². The summed E-state index contributed by atoms with van der Waals surface area (Å²) in [6, 6.07) is 0. The number of esters is 1. The zero-order chi connectivity index (χ0) is 13.8. The van der Waals surface area contributed by atoms with Crippen molar-refractivity contribution in [3.05, 3.63) is 12.2 Å². The molecule has 0 radical (unpaired) electrons. The Balaban J connectivity index is 3.43. The molecule has 102 valence electrons. The van der Waals surface area contributed by atoms with Gasteiger partial charge in [-0.2, -0.15) is 0 Å². The van der Waals surface area contributed by atoms with Gasteiger partial charge in [0, 0.05) is 25.1 Å². The molecule has 0 bridgehead atoms. The van der Waals surface area contributed by atoms with E-state index in [-0.39, 0.29) is 5.97 Å². The molecule has 2 N–H and O–H groups in total. The third-order valence-corrected chi connectivity index (χ3v) is 2.04. The molecular formula is C12H19NO5. The summed E-state index contributed by atoms with van der Waals surface area (Å²) in [5, 5.41) is 10.8. The standard InChI is InChI=1S/C12H19NO5/c1-2-18-12(17)6-4-3-5-9-13-10(14)7-8-11(15)16/h7-8H,2-6,9H2,1H3,(H,13,14)(H,15,16)/b8-7+. The van der Waals surface area contributed by atoms with Crippen molar-refractivity contribution in [2.75, 3.05) is 13.2 Å². The van der Waals surface area contributed by atoms with Crippen molar-refractivity contribution >= 4 is 17.8 Å². The van der Waals surface area contributed by atoms with Crippen LogP contribution in [-0.4, -0.2) is 36.1 Å². The Morgan fingerprint density at radius 3 is 2.50 bits per heavy atom. The fourth-order valence-corrected chi connectivity index (χ4v) is 1.22. The fourth-order valence-electron chi connectivity index (χ4n) is 1.22. The Hall–Kier alpha value is -1.85. The molecule has 0 heterocycles. The largest absolute Gasteiger partial charge is 0.478 e. The van der Waals surface area contributed by atoms with Crippen molar-refractivity contribution < 1.29 is 24.2 Å². The maximum absolute atomic E-state index is 11.0. The lowest BCUT2D eigenvalue weighted by Crippen LogP contribution is -2.22. The Kier molecular flexibility index (Phi) is 9.25. The van der Waals surface area contributed by atoms with Gasteiger partial charge in [-0.15, -0.1) is 0 Å². The number of aliphatic carboxylic acids is 1. The monoisotopic (exact) mass is 257 g/mol. The van der Waals surface area contributed by atoms with E-state index in [4.69, 9.17) is 9.84 Å². The summed E-state index contributed by atoms with van der Waals surface area (Å²) >= 11 is 0. The van der Waals surface area contributed by atoms with Crippen LogP contribution in [0.25, 0.3) is 0 Å². The number of amides is 1. The molecule has 0 unspecified atom stereocenters. The van der Waals surface area contributed by atoms with Crippen LogP contribution < -0.4 is 5.32 Å². The first-order valence-corrected chi connectivity index (χ1v) is 5.90. The number of carboxylic acids is 1. The van der Waals surface area contributed by atoms with Crippen molar-refractivity contribution in [2.45, 2.75) is 32.6 Å². The van der Waals surface area contributed by atoms with Gasteiger partial charge in [-0.05, 0) is 19.8 Å². The van der Waals surface area contributed by atoms with Gasteiger partial charge in [0.2, 0.25) is 5.91 Å². The van der Waals surface area contributed by atoms with Gasteiger partial charge in [-0.25, -0.2) is 4.79 Å². The van der Waals surface area contributed by atoms with Crippen LogP contribution in [-0.2, 0) is 19.1 Å². The highest BCUT2D eigenvalue weighted by atomic mass is 16.5. The molecule has 0 saturated heterocycles. The lowest BCUT2D eigenvalue weighted by Gasteiger charge is -2.03. The van der Waals surface area contributed by atoms with E-state index in [1.807, 2.05) is 0 Å². The molecule has 0 fully saturated rings. The molecule has 0 aromatic heterocycles. The van der Waals surface area contributed by atoms with Crippen molar-refractivity contribution in [1.29, 1.82) is 0 Å². The second-order valence-electron chi connectivity index (χ2n) is 3.58. The molecule has 18 heavy (non-hydrogen) atoms. The summed E-state index contributed by atoms with van der Waals surface area (Å²) in [5.74, 6) is -1.78.